The van der Waals surface area contributed by atoms with Crippen LogP contribution >= 0.6 is 0 Å². The van der Waals surface area contributed by atoms with Gasteiger partial charge < -0.3 is 15.8 Å². The van der Waals surface area contributed by atoms with E-state index in [9.17, 15) is 4.79 Å². The van der Waals surface area contributed by atoms with Crippen LogP contribution in [0.4, 0.5) is 11.4 Å². The summed E-state index contributed by atoms with van der Waals surface area (Å²) in [7, 11) is 1.37. The quantitative estimate of drug-likeness (QED) is 0.657. The van der Waals surface area contributed by atoms with Gasteiger partial charge in [0.15, 0.2) is 0 Å². The van der Waals surface area contributed by atoms with E-state index in [0.29, 0.717) is 23.2 Å². The van der Waals surface area contributed by atoms with Crippen LogP contribution in [0, 0.1) is 11.8 Å². The zero-order valence-electron chi connectivity index (χ0n) is 12.5. The predicted octanol–water partition coefficient (Wildman–Crippen LogP) is 3.29. The first-order valence-electron chi connectivity index (χ1n) is 7.27. The largest absolute Gasteiger partial charge is 0.465 e. The zero-order chi connectivity index (χ0) is 14.7. The van der Waals surface area contributed by atoms with Gasteiger partial charge in [-0.2, -0.15) is 0 Å². The van der Waals surface area contributed by atoms with Crippen LogP contribution in [-0.4, -0.2) is 19.1 Å². The Morgan fingerprint density at radius 3 is 2.75 bits per heavy atom. The van der Waals surface area contributed by atoms with Crippen molar-refractivity contribution in [2.45, 2.75) is 39.2 Å². The van der Waals surface area contributed by atoms with Gasteiger partial charge in [0.05, 0.1) is 24.0 Å². The van der Waals surface area contributed by atoms with Gasteiger partial charge in [0.25, 0.3) is 0 Å². The normalized spacial score (nSPS) is 26.1. The van der Waals surface area contributed by atoms with Crippen LogP contribution in [0.1, 0.15) is 43.5 Å². The van der Waals surface area contributed by atoms with E-state index in [1.807, 2.05) is 6.07 Å². The zero-order valence-corrected chi connectivity index (χ0v) is 12.5. The van der Waals surface area contributed by atoms with Crippen LogP contribution in [-0.2, 0) is 4.74 Å². The number of ether oxygens (including phenoxy) is 1. The minimum atomic E-state index is -0.358. The number of methoxy groups -OCH3 is 1. The molecule has 1 fully saturated rings. The van der Waals surface area contributed by atoms with Crippen molar-refractivity contribution in [2.75, 3.05) is 18.2 Å². The fraction of sp³-hybridized carbons (Fsp3) is 0.562. The van der Waals surface area contributed by atoms with E-state index in [1.54, 1.807) is 12.1 Å². The van der Waals surface area contributed by atoms with Gasteiger partial charge in [0.2, 0.25) is 0 Å². The molecule has 0 aliphatic heterocycles. The number of carbonyl (C=O) groups excluding carboxylic acids is 1. The second-order valence-electron chi connectivity index (χ2n) is 5.81. The molecule has 0 aromatic heterocycles. The van der Waals surface area contributed by atoms with E-state index in [2.05, 4.69) is 19.2 Å². The standard InChI is InChI=1S/C16H24N2O2/c1-10-5-4-6-14(11(10)2)18-15-8-7-12(9-13(15)17)16(19)20-3/h7-11,14,18H,4-6,17H2,1-3H3. The molecule has 0 saturated heterocycles. The van der Waals surface area contributed by atoms with Gasteiger partial charge in [-0.05, 0) is 36.5 Å². The smallest absolute Gasteiger partial charge is 0.337 e. The number of rotatable bonds is 3. The summed E-state index contributed by atoms with van der Waals surface area (Å²) in [5, 5.41) is 3.54. The lowest BCUT2D eigenvalue weighted by Crippen LogP contribution is -2.35. The SMILES string of the molecule is COC(=O)c1ccc(NC2CCCC(C)C2C)c(N)c1. The topological polar surface area (TPSA) is 64.3 Å². The maximum Gasteiger partial charge on any atom is 0.337 e. The molecule has 2 rings (SSSR count). The van der Waals surface area contributed by atoms with Crippen LogP contribution in [0.3, 0.4) is 0 Å². The Labute approximate surface area is 120 Å². The average Bonchev–Trinajstić information content (AvgIpc) is 2.45. The lowest BCUT2D eigenvalue weighted by molar-refractivity contribution is 0.0601. The molecular formula is C16H24N2O2. The summed E-state index contributed by atoms with van der Waals surface area (Å²) >= 11 is 0. The fourth-order valence-corrected chi connectivity index (χ4v) is 2.92. The molecule has 1 aromatic carbocycles. The number of nitrogens with one attached hydrogen (secondary N) is 1. The lowest BCUT2D eigenvalue weighted by atomic mass is 9.78. The van der Waals surface area contributed by atoms with E-state index in [4.69, 9.17) is 10.5 Å². The third-order valence-electron chi connectivity index (χ3n) is 4.52. The summed E-state index contributed by atoms with van der Waals surface area (Å²) in [5.74, 6) is 1.00. The van der Waals surface area contributed by atoms with Gasteiger partial charge in [-0.3, -0.25) is 0 Å². The van der Waals surface area contributed by atoms with Crippen molar-refractivity contribution in [2.24, 2.45) is 11.8 Å². The first-order valence-corrected chi connectivity index (χ1v) is 7.27. The molecule has 4 heteroatoms. The van der Waals surface area contributed by atoms with E-state index in [-0.39, 0.29) is 5.97 Å². The minimum absolute atomic E-state index is 0.358. The summed E-state index contributed by atoms with van der Waals surface area (Å²) in [6.07, 6.45) is 3.73. The highest BCUT2D eigenvalue weighted by atomic mass is 16.5. The third-order valence-corrected chi connectivity index (χ3v) is 4.52. The van der Waals surface area contributed by atoms with Crippen molar-refractivity contribution >= 4 is 17.3 Å². The Balaban J connectivity index is 2.11. The first-order chi connectivity index (χ1) is 9.52. The molecule has 0 heterocycles. The van der Waals surface area contributed by atoms with E-state index in [1.165, 1.54) is 26.4 Å². The molecule has 3 N–H and O–H groups in total. The van der Waals surface area contributed by atoms with E-state index >= 15 is 0 Å². The number of nitrogens with two attached hydrogens (primary N) is 1. The second-order valence-corrected chi connectivity index (χ2v) is 5.81. The van der Waals surface area contributed by atoms with Gasteiger partial charge in [0, 0.05) is 6.04 Å². The van der Waals surface area contributed by atoms with Crippen LogP contribution < -0.4 is 11.1 Å². The van der Waals surface area contributed by atoms with Gasteiger partial charge in [-0.25, -0.2) is 4.79 Å². The van der Waals surface area contributed by atoms with Crippen molar-refractivity contribution in [3.8, 4) is 0 Å². The summed E-state index contributed by atoms with van der Waals surface area (Å²) in [4.78, 5) is 11.5. The number of hydrogen-bond donors (Lipinski definition) is 2. The number of anilines is 2. The summed E-state index contributed by atoms with van der Waals surface area (Å²) in [5.41, 5.74) is 8.03. The highest BCUT2D eigenvalue weighted by Crippen LogP contribution is 2.33. The number of nitrogen functional groups attached to an aromatic ring is 1. The number of esters is 1. The first kappa shape index (κ1) is 14.7. The second kappa shape index (κ2) is 6.16. The molecule has 1 aliphatic carbocycles. The van der Waals surface area contributed by atoms with Crippen molar-refractivity contribution < 1.29 is 9.53 Å². The van der Waals surface area contributed by atoms with Crippen LogP contribution in [0.25, 0.3) is 0 Å². The Morgan fingerprint density at radius 1 is 1.35 bits per heavy atom. The van der Waals surface area contributed by atoms with Crippen molar-refractivity contribution in [3.63, 3.8) is 0 Å². The third kappa shape index (κ3) is 3.06. The van der Waals surface area contributed by atoms with Gasteiger partial charge in [-0.1, -0.05) is 26.7 Å². The summed E-state index contributed by atoms with van der Waals surface area (Å²) in [6.45, 7) is 4.60. The molecule has 1 aliphatic rings. The molecule has 0 bridgehead atoms. The fourth-order valence-electron chi connectivity index (χ4n) is 2.92. The molecular weight excluding hydrogens is 252 g/mol. The number of carbonyl (C=O) groups is 1. The van der Waals surface area contributed by atoms with Crippen LogP contribution in [0.5, 0.6) is 0 Å². The van der Waals surface area contributed by atoms with E-state index in [0.717, 1.165) is 11.6 Å². The van der Waals surface area contributed by atoms with Crippen LogP contribution in [0.15, 0.2) is 18.2 Å². The van der Waals surface area contributed by atoms with Crippen molar-refractivity contribution in [1.82, 2.24) is 0 Å². The van der Waals surface area contributed by atoms with Gasteiger partial charge in [-0.15, -0.1) is 0 Å². The predicted molar refractivity (Wildman–Crippen MR) is 81.8 cm³/mol. The number of benzene rings is 1. The molecule has 1 saturated carbocycles. The Hall–Kier alpha value is -1.71. The Kier molecular flexibility index (Phi) is 4.53. The molecule has 4 nitrogen and oxygen atoms in total. The maximum atomic E-state index is 11.5. The molecule has 110 valence electrons. The Bertz CT molecular complexity index is 487. The summed E-state index contributed by atoms with van der Waals surface area (Å²) < 4.78 is 4.70. The monoisotopic (exact) mass is 276 g/mol. The van der Waals surface area contributed by atoms with Crippen molar-refractivity contribution in [1.29, 1.82) is 0 Å². The number of hydrogen-bond acceptors (Lipinski definition) is 4. The summed E-state index contributed by atoms with van der Waals surface area (Å²) in [6, 6.07) is 5.74. The molecule has 3 unspecified atom stereocenters. The Morgan fingerprint density at radius 2 is 2.10 bits per heavy atom. The van der Waals surface area contributed by atoms with Crippen LogP contribution in [0.2, 0.25) is 0 Å². The molecule has 3 atom stereocenters. The highest BCUT2D eigenvalue weighted by molar-refractivity contribution is 5.91. The van der Waals surface area contributed by atoms with Gasteiger partial charge >= 0.3 is 5.97 Å². The minimum Gasteiger partial charge on any atom is -0.465 e. The maximum absolute atomic E-state index is 11.5. The van der Waals surface area contributed by atoms with Crippen molar-refractivity contribution in [3.05, 3.63) is 23.8 Å². The average molecular weight is 276 g/mol. The lowest BCUT2D eigenvalue weighted by Gasteiger charge is -2.35. The van der Waals surface area contributed by atoms with E-state index < -0.39 is 0 Å². The van der Waals surface area contributed by atoms with Gasteiger partial charge in [0.1, 0.15) is 0 Å². The molecule has 1 aromatic rings. The molecule has 0 radical (unpaired) electrons. The molecule has 0 amide bonds. The molecule has 20 heavy (non-hydrogen) atoms. The highest BCUT2D eigenvalue weighted by Gasteiger charge is 2.27. The molecule has 0 spiro atoms.